The van der Waals surface area contributed by atoms with Crippen LogP contribution in [0.15, 0.2) is 54.6 Å². The number of unbranched alkanes of at least 4 members (excludes halogenated alkanes) is 3. The molecule has 0 unspecified atom stereocenters. The Balaban J connectivity index is 1.65. The first-order valence-corrected chi connectivity index (χ1v) is 16.5. The fourth-order valence-corrected chi connectivity index (χ4v) is 6.18. The van der Waals surface area contributed by atoms with Gasteiger partial charge in [0.25, 0.3) is 0 Å². The molecule has 0 saturated carbocycles. The molecule has 2 aromatic heterocycles. The maximum Gasteiger partial charge on any atom is 0.127 e. The van der Waals surface area contributed by atoms with Crippen molar-refractivity contribution in [2.45, 2.75) is 71.3 Å². The second kappa shape index (κ2) is 15.8. The molecule has 0 aliphatic carbocycles. The number of rotatable bonds is 17. The minimum atomic E-state index is 0.633. The van der Waals surface area contributed by atoms with Gasteiger partial charge in [-0.2, -0.15) is 0 Å². The molecule has 3 aromatic carbocycles. The smallest absolute Gasteiger partial charge is 0.127 e. The highest BCUT2D eigenvalue weighted by Gasteiger charge is 2.21. The molecule has 8 heteroatoms. The molecule has 0 atom stereocenters. The summed E-state index contributed by atoms with van der Waals surface area (Å²) in [5, 5.41) is 1.12. The van der Waals surface area contributed by atoms with Gasteiger partial charge < -0.3 is 29.2 Å². The zero-order chi connectivity index (χ0) is 32.5. The molecular formula is C38H48N4O4. The maximum atomic E-state index is 5.82. The molecule has 244 valence electrons. The summed E-state index contributed by atoms with van der Waals surface area (Å²) in [5.74, 6) is 4.23. The summed E-state index contributed by atoms with van der Waals surface area (Å²) in [6.07, 6.45) is 8.84. The summed E-state index contributed by atoms with van der Waals surface area (Å²) in [4.78, 5) is 10.6. The molecule has 0 fully saturated rings. The Bertz CT molecular complexity index is 1760. The van der Waals surface area contributed by atoms with Crippen molar-refractivity contribution in [3.63, 3.8) is 0 Å². The molecule has 2 heterocycles. The van der Waals surface area contributed by atoms with E-state index in [1.54, 1.807) is 28.4 Å². The molecular weight excluding hydrogens is 576 g/mol. The Kier molecular flexibility index (Phi) is 11.4. The van der Waals surface area contributed by atoms with Crippen molar-refractivity contribution < 1.29 is 18.9 Å². The highest BCUT2D eigenvalue weighted by molar-refractivity contribution is 6.04. The molecule has 5 aromatic rings. The maximum absolute atomic E-state index is 5.82. The number of ether oxygens (including phenoxy) is 4. The molecule has 0 radical (unpaired) electrons. The average molecular weight is 625 g/mol. The van der Waals surface area contributed by atoms with Crippen LogP contribution in [-0.2, 0) is 32.2 Å². The minimum absolute atomic E-state index is 0.633. The van der Waals surface area contributed by atoms with E-state index in [0.717, 1.165) is 132 Å². The highest BCUT2D eigenvalue weighted by atomic mass is 16.5. The summed E-state index contributed by atoms with van der Waals surface area (Å²) in [5.41, 5.74) is 13.3. The SMILES string of the molecule is CCCCc1nc2c(CCc3ccc(OC)cc3OC)nc3cc(CCCCCN)ccc3c2n1Cc1ccc(OC)cc1OC. The van der Waals surface area contributed by atoms with Crippen LogP contribution in [0.3, 0.4) is 0 Å². The number of benzene rings is 3. The van der Waals surface area contributed by atoms with E-state index in [4.69, 9.17) is 34.6 Å². The predicted octanol–water partition coefficient (Wildman–Crippen LogP) is 7.47. The van der Waals surface area contributed by atoms with Gasteiger partial charge in [-0.1, -0.05) is 38.0 Å². The normalized spacial score (nSPS) is 11.3. The van der Waals surface area contributed by atoms with Crippen LogP contribution < -0.4 is 24.7 Å². The number of hydrogen-bond donors (Lipinski definition) is 1. The third-order valence-electron chi connectivity index (χ3n) is 8.76. The van der Waals surface area contributed by atoms with Crippen molar-refractivity contribution in [3.05, 3.63) is 82.8 Å². The van der Waals surface area contributed by atoms with E-state index >= 15 is 0 Å². The van der Waals surface area contributed by atoms with Crippen molar-refractivity contribution >= 4 is 21.9 Å². The van der Waals surface area contributed by atoms with Crippen LogP contribution in [0.1, 0.15) is 67.2 Å². The zero-order valence-electron chi connectivity index (χ0n) is 28.0. The Hall–Kier alpha value is -4.30. The fourth-order valence-electron chi connectivity index (χ4n) is 6.18. The van der Waals surface area contributed by atoms with Crippen molar-refractivity contribution in [2.75, 3.05) is 35.0 Å². The topological polar surface area (TPSA) is 93.7 Å². The number of aromatic nitrogens is 3. The second-order valence-electron chi connectivity index (χ2n) is 11.8. The molecule has 8 nitrogen and oxygen atoms in total. The lowest BCUT2D eigenvalue weighted by molar-refractivity contribution is 0.390. The summed E-state index contributed by atoms with van der Waals surface area (Å²) >= 11 is 0. The van der Waals surface area contributed by atoms with Crippen LogP contribution in [0, 0.1) is 0 Å². The molecule has 0 bridgehead atoms. The van der Waals surface area contributed by atoms with E-state index in [1.165, 1.54) is 5.56 Å². The Morgan fingerprint density at radius 2 is 1.39 bits per heavy atom. The average Bonchev–Trinajstić information content (AvgIpc) is 3.46. The Labute approximate surface area is 272 Å². The molecule has 2 N–H and O–H groups in total. The number of aryl methyl sites for hydroxylation is 4. The molecule has 0 saturated heterocycles. The lowest BCUT2D eigenvalue weighted by Crippen LogP contribution is -2.07. The van der Waals surface area contributed by atoms with Crippen LogP contribution in [0.25, 0.3) is 21.9 Å². The summed E-state index contributed by atoms with van der Waals surface area (Å²) < 4.78 is 24.9. The Morgan fingerprint density at radius 3 is 2.07 bits per heavy atom. The van der Waals surface area contributed by atoms with Gasteiger partial charge in [-0.15, -0.1) is 0 Å². The quantitative estimate of drug-likeness (QED) is 0.107. The number of nitrogens with two attached hydrogens (primary N) is 1. The van der Waals surface area contributed by atoms with Crippen LogP contribution in [0.4, 0.5) is 0 Å². The highest BCUT2D eigenvalue weighted by Crippen LogP contribution is 2.34. The summed E-state index contributed by atoms with van der Waals surface area (Å²) in [6, 6.07) is 18.8. The lowest BCUT2D eigenvalue weighted by atomic mass is 10.0. The van der Waals surface area contributed by atoms with Gasteiger partial charge in [-0.05, 0) is 80.5 Å². The fraction of sp³-hybridized carbons (Fsp3) is 0.421. The van der Waals surface area contributed by atoms with Crippen molar-refractivity contribution in [3.8, 4) is 23.0 Å². The van der Waals surface area contributed by atoms with Gasteiger partial charge in [0.1, 0.15) is 34.3 Å². The zero-order valence-corrected chi connectivity index (χ0v) is 28.0. The minimum Gasteiger partial charge on any atom is -0.497 e. The van der Waals surface area contributed by atoms with Crippen molar-refractivity contribution in [2.24, 2.45) is 5.73 Å². The van der Waals surface area contributed by atoms with Gasteiger partial charge in [0.2, 0.25) is 0 Å². The van der Waals surface area contributed by atoms with E-state index in [0.29, 0.717) is 6.54 Å². The van der Waals surface area contributed by atoms with Gasteiger partial charge in [0.05, 0.1) is 51.7 Å². The monoisotopic (exact) mass is 624 g/mol. The number of nitrogens with zero attached hydrogens (tertiary/aromatic N) is 3. The summed E-state index contributed by atoms with van der Waals surface area (Å²) in [7, 11) is 6.76. The van der Waals surface area contributed by atoms with E-state index in [9.17, 15) is 0 Å². The largest absolute Gasteiger partial charge is 0.497 e. The number of imidazole rings is 1. The third-order valence-corrected chi connectivity index (χ3v) is 8.76. The van der Waals surface area contributed by atoms with Gasteiger partial charge in [0.15, 0.2) is 0 Å². The van der Waals surface area contributed by atoms with Crippen LogP contribution in [-0.4, -0.2) is 49.5 Å². The first-order valence-electron chi connectivity index (χ1n) is 16.5. The van der Waals surface area contributed by atoms with Crippen molar-refractivity contribution in [1.82, 2.24) is 14.5 Å². The summed E-state index contributed by atoms with van der Waals surface area (Å²) in [6.45, 7) is 3.59. The number of hydrogen-bond acceptors (Lipinski definition) is 7. The second-order valence-corrected chi connectivity index (χ2v) is 11.8. The van der Waals surface area contributed by atoms with Crippen LogP contribution in [0.2, 0.25) is 0 Å². The third kappa shape index (κ3) is 7.39. The van der Waals surface area contributed by atoms with Crippen molar-refractivity contribution in [1.29, 1.82) is 0 Å². The van der Waals surface area contributed by atoms with E-state index in [1.807, 2.05) is 24.3 Å². The van der Waals surface area contributed by atoms with E-state index in [-0.39, 0.29) is 0 Å². The molecule has 46 heavy (non-hydrogen) atoms. The first kappa shape index (κ1) is 33.1. The molecule has 0 amide bonds. The van der Waals surface area contributed by atoms with Gasteiger partial charge in [-0.3, -0.25) is 4.98 Å². The first-order chi connectivity index (χ1) is 22.5. The molecule has 5 rings (SSSR count). The van der Waals surface area contributed by atoms with Gasteiger partial charge in [0, 0.05) is 29.5 Å². The standard InChI is InChI=1S/C38H48N4O4/c1-6-7-12-36-41-37-32(20-16-27-14-17-29(43-2)23-34(27)45-4)40-33-22-26(11-9-8-10-21-39)13-19-31(33)38(37)42(36)25-28-15-18-30(44-3)24-35(28)46-5/h13-15,17-19,22-24H,6-12,16,20-21,25,39H2,1-5H3. The predicted molar refractivity (Wildman–Crippen MR) is 186 cm³/mol. The number of pyridine rings is 1. The Morgan fingerprint density at radius 1 is 0.674 bits per heavy atom. The lowest BCUT2D eigenvalue weighted by Gasteiger charge is -2.15. The van der Waals surface area contributed by atoms with Gasteiger partial charge in [-0.25, -0.2) is 4.98 Å². The van der Waals surface area contributed by atoms with Crippen LogP contribution in [0.5, 0.6) is 23.0 Å². The number of fused-ring (bicyclic) bond motifs is 3. The molecule has 0 spiro atoms. The number of methoxy groups -OCH3 is 4. The van der Waals surface area contributed by atoms with Gasteiger partial charge >= 0.3 is 0 Å². The molecule has 0 aliphatic heterocycles. The van der Waals surface area contributed by atoms with E-state index < -0.39 is 0 Å². The van der Waals surface area contributed by atoms with Crippen LogP contribution >= 0.6 is 0 Å². The molecule has 0 aliphatic rings. The van der Waals surface area contributed by atoms with E-state index in [2.05, 4.69) is 41.8 Å².